The summed E-state index contributed by atoms with van der Waals surface area (Å²) in [6.07, 6.45) is 2.15. The predicted octanol–water partition coefficient (Wildman–Crippen LogP) is 8.33. The highest BCUT2D eigenvalue weighted by atomic mass is 35.5. The molecule has 174 valence electrons. The van der Waals surface area contributed by atoms with E-state index in [1.807, 2.05) is 84.8 Å². The van der Waals surface area contributed by atoms with E-state index in [0.717, 1.165) is 45.2 Å². The summed E-state index contributed by atoms with van der Waals surface area (Å²) in [6, 6.07) is 31.7. The van der Waals surface area contributed by atoms with Gasteiger partial charge in [-0.3, -0.25) is 4.84 Å². The zero-order chi connectivity index (χ0) is 23.8. The Morgan fingerprint density at radius 2 is 1.54 bits per heavy atom. The molecule has 0 saturated heterocycles. The molecule has 35 heavy (non-hydrogen) atoms. The van der Waals surface area contributed by atoms with E-state index in [1.165, 1.54) is 0 Å². The minimum absolute atomic E-state index is 0.217. The predicted molar refractivity (Wildman–Crippen MR) is 137 cm³/mol. The second kappa shape index (κ2) is 9.14. The Hall–Kier alpha value is -3.73. The number of aryl methyl sites for hydroxylation is 1. The normalized spacial score (nSPS) is 17.7. The highest BCUT2D eigenvalue weighted by molar-refractivity contribution is 6.30. The van der Waals surface area contributed by atoms with E-state index in [-0.39, 0.29) is 12.1 Å². The first-order valence-corrected chi connectivity index (χ1v) is 12.0. The Bertz CT molecular complexity index is 1410. The van der Waals surface area contributed by atoms with Gasteiger partial charge in [-0.05, 0) is 48.9 Å². The van der Waals surface area contributed by atoms with Gasteiger partial charge < -0.3 is 8.83 Å². The van der Waals surface area contributed by atoms with Crippen molar-refractivity contribution in [1.82, 2.24) is 0 Å². The van der Waals surface area contributed by atoms with Crippen LogP contribution in [-0.2, 0) is 11.3 Å². The zero-order valence-electron chi connectivity index (χ0n) is 19.2. The molecule has 6 rings (SSSR count). The van der Waals surface area contributed by atoms with Crippen molar-refractivity contribution in [2.24, 2.45) is 0 Å². The molecule has 0 fully saturated rings. The molecule has 4 nitrogen and oxygen atoms in total. The molecule has 3 aromatic carbocycles. The van der Waals surface area contributed by atoms with Crippen LogP contribution < -0.4 is 5.06 Å². The number of hydroxylamine groups is 1. The van der Waals surface area contributed by atoms with Crippen molar-refractivity contribution in [2.75, 3.05) is 5.06 Å². The number of anilines is 1. The number of hydrogen-bond acceptors (Lipinski definition) is 4. The van der Waals surface area contributed by atoms with Gasteiger partial charge >= 0.3 is 0 Å². The van der Waals surface area contributed by atoms with Gasteiger partial charge in [0.2, 0.25) is 0 Å². The number of benzene rings is 3. The SMILES string of the molecule is Cc1oc(-c2ccccc2)c2c1C[C@H](c1ccccc1)ON(c1ccc(Cl)cc1)[C@@H]2c1ccco1. The molecule has 0 radical (unpaired) electrons. The van der Waals surface area contributed by atoms with Crippen molar-refractivity contribution in [2.45, 2.75) is 25.5 Å². The monoisotopic (exact) mass is 481 g/mol. The second-order valence-electron chi connectivity index (χ2n) is 8.67. The molecule has 0 N–H and O–H groups in total. The Kier molecular flexibility index (Phi) is 5.69. The minimum atomic E-state index is -0.359. The molecule has 3 heterocycles. The number of rotatable bonds is 4. The fraction of sp³-hybridized carbons (Fsp3) is 0.133. The molecule has 0 bridgehead atoms. The lowest BCUT2D eigenvalue weighted by Gasteiger charge is -2.32. The van der Waals surface area contributed by atoms with E-state index >= 15 is 0 Å². The van der Waals surface area contributed by atoms with E-state index < -0.39 is 0 Å². The third-order valence-corrected chi connectivity index (χ3v) is 6.74. The third kappa shape index (κ3) is 4.05. The van der Waals surface area contributed by atoms with Crippen molar-refractivity contribution >= 4 is 17.3 Å². The van der Waals surface area contributed by atoms with Crippen molar-refractivity contribution in [3.63, 3.8) is 0 Å². The van der Waals surface area contributed by atoms with Gasteiger partial charge in [0.15, 0.2) is 0 Å². The van der Waals surface area contributed by atoms with E-state index in [0.29, 0.717) is 11.4 Å². The van der Waals surface area contributed by atoms with Gasteiger partial charge in [-0.2, -0.15) is 0 Å². The van der Waals surface area contributed by atoms with E-state index in [4.69, 9.17) is 25.3 Å². The molecule has 1 aliphatic heterocycles. The van der Waals surface area contributed by atoms with Crippen LogP contribution in [0, 0.1) is 6.92 Å². The van der Waals surface area contributed by atoms with Crippen LogP contribution in [0.5, 0.6) is 0 Å². The molecule has 1 aliphatic rings. The zero-order valence-corrected chi connectivity index (χ0v) is 20.0. The van der Waals surface area contributed by atoms with Crippen LogP contribution in [0.1, 0.15) is 40.4 Å². The van der Waals surface area contributed by atoms with Crippen LogP contribution >= 0.6 is 11.6 Å². The standard InChI is InChI=1S/C30H24ClNO3/c1-20-25-19-27(21-9-4-2-5-10-21)35-32(24-16-14-23(31)15-17-24)29(26-13-8-18-33-26)28(25)30(34-20)22-11-6-3-7-12-22/h2-18,27,29H,19H2,1H3/t27-,29-/m1/s1. The number of hydrogen-bond donors (Lipinski definition) is 0. The van der Waals surface area contributed by atoms with E-state index in [2.05, 4.69) is 24.3 Å². The summed E-state index contributed by atoms with van der Waals surface area (Å²) in [6.45, 7) is 2.03. The Labute approximate surface area is 209 Å². The van der Waals surface area contributed by atoms with E-state index in [9.17, 15) is 0 Å². The lowest BCUT2D eigenvalue weighted by atomic mass is 9.92. The van der Waals surface area contributed by atoms with Crippen molar-refractivity contribution in [1.29, 1.82) is 0 Å². The first-order valence-electron chi connectivity index (χ1n) is 11.7. The van der Waals surface area contributed by atoms with Gasteiger partial charge in [-0.15, -0.1) is 0 Å². The maximum atomic E-state index is 6.84. The van der Waals surface area contributed by atoms with Gasteiger partial charge in [0.25, 0.3) is 0 Å². The molecule has 5 heteroatoms. The Morgan fingerprint density at radius 3 is 2.23 bits per heavy atom. The summed E-state index contributed by atoms with van der Waals surface area (Å²) >= 11 is 6.24. The summed E-state index contributed by atoms with van der Waals surface area (Å²) in [5.74, 6) is 2.49. The summed E-state index contributed by atoms with van der Waals surface area (Å²) in [7, 11) is 0. The van der Waals surface area contributed by atoms with Gasteiger partial charge in [-0.1, -0.05) is 72.3 Å². The highest BCUT2D eigenvalue weighted by Gasteiger charge is 2.39. The number of nitrogens with zero attached hydrogens (tertiary/aromatic N) is 1. The molecular weight excluding hydrogens is 458 g/mol. The van der Waals surface area contributed by atoms with Crippen molar-refractivity contribution in [3.8, 4) is 11.3 Å². The first kappa shape index (κ1) is 21.8. The fourth-order valence-electron chi connectivity index (χ4n) is 4.83. The molecular formula is C30H24ClNO3. The molecule has 2 aromatic heterocycles. The lowest BCUT2D eigenvalue weighted by molar-refractivity contribution is 0.0234. The number of fused-ring (bicyclic) bond motifs is 1. The van der Waals surface area contributed by atoms with Crippen LogP contribution in [0.15, 0.2) is 112 Å². The summed E-state index contributed by atoms with van der Waals surface area (Å²) in [5.41, 5.74) is 5.18. The summed E-state index contributed by atoms with van der Waals surface area (Å²) in [5, 5.41) is 2.61. The van der Waals surface area contributed by atoms with Gasteiger partial charge in [0.05, 0.1) is 12.0 Å². The molecule has 5 aromatic rings. The fourth-order valence-corrected chi connectivity index (χ4v) is 4.96. The number of furan rings is 2. The minimum Gasteiger partial charge on any atom is -0.467 e. The van der Waals surface area contributed by atoms with Crippen LogP contribution in [0.2, 0.25) is 5.02 Å². The topological polar surface area (TPSA) is 38.8 Å². The van der Waals surface area contributed by atoms with Crippen molar-refractivity contribution in [3.05, 3.63) is 137 Å². The maximum Gasteiger partial charge on any atom is 0.143 e. The third-order valence-electron chi connectivity index (χ3n) is 6.49. The summed E-state index contributed by atoms with van der Waals surface area (Å²) < 4.78 is 12.5. The molecule has 0 aliphatic carbocycles. The molecule has 0 spiro atoms. The van der Waals surface area contributed by atoms with Crippen LogP contribution in [0.4, 0.5) is 5.69 Å². The molecule has 0 unspecified atom stereocenters. The van der Waals surface area contributed by atoms with Crippen molar-refractivity contribution < 1.29 is 13.7 Å². The van der Waals surface area contributed by atoms with Crippen LogP contribution in [0.25, 0.3) is 11.3 Å². The highest BCUT2D eigenvalue weighted by Crippen LogP contribution is 2.48. The van der Waals surface area contributed by atoms with Gasteiger partial charge in [-0.25, -0.2) is 5.06 Å². The average molecular weight is 482 g/mol. The number of halogens is 1. The largest absolute Gasteiger partial charge is 0.467 e. The quantitative estimate of drug-likeness (QED) is 0.258. The smallest absolute Gasteiger partial charge is 0.143 e. The summed E-state index contributed by atoms with van der Waals surface area (Å²) in [4.78, 5) is 6.84. The maximum absolute atomic E-state index is 6.84. The van der Waals surface area contributed by atoms with Crippen LogP contribution in [-0.4, -0.2) is 0 Å². The lowest BCUT2D eigenvalue weighted by Crippen LogP contribution is -2.30. The Morgan fingerprint density at radius 1 is 0.829 bits per heavy atom. The van der Waals surface area contributed by atoms with Gasteiger partial charge in [0, 0.05) is 28.1 Å². The van der Waals surface area contributed by atoms with E-state index in [1.54, 1.807) is 6.26 Å². The van der Waals surface area contributed by atoms with Gasteiger partial charge in [0.1, 0.15) is 29.4 Å². The molecule has 2 atom stereocenters. The second-order valence-corrected chi connectivity index (χ2v) is 9.11. The average Bonchev–Trinajstić information content (AvgIpc) is 3.49. The van der Waals surface area contributed by atoms with Crippen LogP contribution in [0.3, 0.4) is 0 Å². The molecule has 0 saturated carbocycles. The Balaban J connectivity index is 1.61. The molecule has 0 amide bonds. The first-order chi connectivity index (χ1) is 17.2.